The molecule has 2 heterocycles. The third kappa shape index (κ3) is 7.99. The van der Waals surface area contributed by atoms with Crippen molar-refractivity contribution in [2.75, 3.05) is 31.3 Å². The molecule has 2 aromatic carbocycles. The Morgan fingerprint density at radius 2 is 1.62 bits per heavy atom. The summed E-state index contributed by atoms with van der Waals surface area (Å²) >= 11 is 1.53. The van der Waals surface area contributed by atoms with Gasteiger partial charge in [0.2, 0.25) is 5.75 Å². The van der Waals surface area contributed by atoms with E-state index in [0.717, 1.165) is 23.3 Å². The zero-order chi connectivity index (χ0) is 29.4. The number of nitrogens with zero attached hydrogens (tertiary/aromatic N) is 4. The normalized spacial score (nSPS) is 12.9. The van der Waals surface area contributed by atoms with E-state index in [1.807, 2.05) is 36.6 Å². The second-order valence-electron chi connectivity index (χ2n) is 9.11. The van der Waals surface area contributed by atoms with Gasteiger partial charge in [0.15, 0.2) is 17.3 Å². The average Bonchev–Trinajstić information content (AvgIpc) is 3.86. The van der Waals surface area contributed by atoms with Gasteiger partial charge in [-0.3, -0.25) is 4.72 Å². The topological polar surface area (TPSA) is 147 Å². The highest BCUT2D eigenvalue weighted by Crippen LogP contribution is 2.44. The third-order valence-corrected chi connectivity index (χ3v) is 7.68. The van der Waals surface area contributed by atoms with E-state index in [1.54, 1.807) is 36.7 Å². The Kier molecular flexibility index (Phi) is 9.56. The van der Waals surface area contributed by atoms with E-state index in [0.29, 0.717) is 17.3 Å². The number of hydrogen-bond donors (Lipinski definition) is 2. The molecule has 12 nitrogen and oxygen atoms in total. The van der Waals surface area contributed by atoms with E-state index in [-0.39, 0.29) is 49.1 Å². The Labute approximate surface area is 248 Å². The van der Waals surface area contributed by atoms with Gasteiger partial charge in [0.1, 0.15) is 19.0 Å². The number of methoxy groups -OCH3 is 1. The van der Waals surface area contributed by atoms with Gasteiger partial charge in [0.25, 0.3) is 5.88 Å². The zero-order valence-corrected chi connectivity index (χ0v) is 24.7. The molecule has 1 fully saturated rings. The van der Waals surface area contributed by atoms with Crippen molar-refractivity contribution < 1.29 is 27.4 Å². The van der Waals surface area contributed by atoms with E-state index >= 15 is 0 Å². The minimum atomic E-state index is -4.07. The molecule has 1 saturated carbocycles. The Hall–Kier alpha value is -4.14. The highest BCUT2D eigenvalue weighted by atomic mass is 32.2. The van der Waals surface area contributed by atoms with E-state index in [4.69, 9.17) is 18.9 Å². The maximum absolute atomic E-state index is 13.1. The van der Waals surface area contributed by atoms with E-state index in [9.17, 15) is 8.42 Å². The Morgan fingerprint density at radius 1 is 0.929 bits per heavy atom. The molecule has 0 atom stereocenters. The second kappa shape index (κ2) is 13.7. The molecule has 1 aliphatic rings. The first-order valence-corrected chi connectivity index (χ1v) is 15.8. The molecule has 0 unspecified atom stereocenters. The molecule has 0 radical (unpaired) electrons. The molecule has 0 bridgehead atoms. The molecule has 14 heteroatoms. The van der Waals surface area contributed by atoms with Crippen LogP contribution in [-0.4, -0.2) is 54.9 Å². The van der Waals surface area contributed by atoms with Gasteiger partial charge in [-0.2, -0.15) is 18.1 Å². The molecule has 0 aliphatic heterocycles. The Balaban J connectivity index is 1.41. The molecule has 42 heavy (non-hydrogen) atoms. The SMILES string of the molecule is COc1ccccc1Oc1c(NS(=O)(=O)NCc2ccccc2)nc(C2CC2)nc1OCCOc1ncc(SC)cn1. The van der Waals surface area contributed by atoms with Crippen LogP contribution >= 0.6 is 11.8 Å². The van der Waals surface area contributed by atoms with Crippen LogP contribution in [0.15, 0.2) is 71.9 Å². The Morgan fingerprint density at radius 3 is 2.31 bits per heavy atom. The van der Waals surface area contributed by atoms with Gasteiger partial charge in [0, 0.05) is 29.8 Å². The van der Waals surface area contributed by atoms with Crippen LogP contribution in [0.5, 0.6) is 29.1 Å². The average molecular weight is 611 g/mol. The predicted octanol–water partition coefficient (Wildman–Crippen LogP) is 4.57. The van der Waals surface area contributed by atoms with Crippen LogP contribution in [0.2, 0.25) is 0 Å². The summed E-state index contributed by atoms with van der Waals surface area (Å²) in [6.45, 7) is 0.241. The lowest BCUT2D eigenvalue weighted by Gasteiger charge is -2.18. The summed E-state index contributed by atoms with van der Waals surface area (Å²) in [5.41, 5.74) is 0.797. The number of aromatic nitrogens is 4. The second-order valence-corrected chi connectivity index (χ2v) is 11.5. The van der Waals surface area contributed by atoms with Crippen molar-refractivity contribution in [3.63, 3.8) is 0 Å². The van der Waals surface area contributed by atoms with E-state index in [2.05, 4.69) is 29.4 Å². The summed E-state index contributed by atoms with van der Waals surface area (Å²) in [6, 6.07) is 16.3. The van der Waals surface area contributed by atoms with Crippen molar-refractivity contribution in [1.82, 2.24) is 24.7 Å². The molecular formula is C28H30N6O6S2. The third-order valence-electron chi connectivity index (χ3n) is 6.01. The molecular weight excluding hydrogens is 580 g/mol. The predicted molar refractivity (Wildman–Crippen MR) is 158 cm³/mol. The Bertz CT molecular complexity index is 1590. The van der Waals surface area contributed by atoms with Gasteiger partial charge >= 0.3 is 16.2 Å². The minimum Gasteiger partial charge on any atom is -0.493 e. The molecule has 220 valence electrons. The number of rotatable bonds is 15. The van der Waals surface area contributed by atoms with Gasteiger partial charge in [-0.1, -0.05) is 42.5 Å². The summed E-state index contributed by atoms with van der Waals surface area (Å²) in [4.78, 5) is 18.4. The fourth-order valence-corrected chi connectivity index (χ4v) is 4.87. The fourth-order valence-electron chi connectivity index (χ4n) is 3.74. The van der Waals surface area contributed by atoms with Gasteiger partial charge in [-0.25, -0.2) is 15.0 Å². The van der Waals surface area contributed by atoms with E-state index in [1.165, 1.54) is 18.9 Å². The van der Waals surface area contributed by atoms with Crippen LogP contribution in [0.4, 0.5) is 5.82 Å². The smallest absolute Gasteiger partial charge is 0.316 e. The van der Waals surface area contributed by atoms with Crippen LogP contribution in [0.3, 0.4) is 0 Å². The van der Waals surface area contributed by atoms with Crippen molar-refractivity contribution >= 4 is 27.8 Å². The minimum absolute atomic E-state index is 0.0189. The lowest BCUT2D eigenvalue weighted by Crippen LogP contribution is -2.30. The quantitative estimate of drug-likeness (QED) is 0.144. The van der Waals surface area contributed by atoms with Crippen LogP contribution in [0.1, 0.15) is 30.1 Å². The first kappa shape index (κ1) is 29.4. The largest absolute Gasteiger partial charge is 0.493 e. The zero-order valence-electron chi connectivity index (χ0n) is 23.0. The lowest BCUT2D eigenvalue weighted by atomic mass is 10.2. The molecule has 5 rings (SSSR count). The van der Waals surface area contributed by atoms with Crippen molar-refractivity contribution in [3.8, 4) is 29.1 Å². The first-order valence-electron chi connectivity index (χ1n) is 13.1. The van der Waals surface area contributed by atoms with Gasteiger partial charge in [-0.15, -0.1) is 11.8 Å². The number of benzene rings is 2. The number of hydrogen-bond acceptors (Lipinski definition) is 11. The van der Waals surface area contributed by atoms with Crippen LogP contribution in [0, 0.1) is 0 Å². The molecule has 0 amide bonds. The van der Waals surface area contributed by atoms with Crippen molar-refractivity contribution in [3.05, 3.63) is 78.4 Å². The molecule has 4 aromatic rings. The summed E-state index contributed by atoms with van der Waals surface area (Å²) in [7, 11) is -2.56. The highest BCUT2D eigenvalue weighted by molar-refractivity contribution is 7.98. The van der Waals surface area contributed by atoms with Crippen molar-refractivity contribution in [2.45, 2.75) is 30.2 Å². The molecule has 0 saturated heterocycles. The summed E-state index contributed by atoms with van der Waals surface area (Å²) < 4.78 is 54.5. The summed E-state index contributed by atoms with van der Waals surface area (Å²) in [5, 5.41) is 0. The van der Waals surface area contributed by atoms with Gasteiger partial charge < -0.3 is 18.9 Å². The van der Waals surface area contributed by atoms with E-state index < -0.39 is 10.2 Å². The van der Waals surface area contributed by atoms with Gasteiger partial charge in [-0.05, 0) is 36.8 Å². The monoisotopic (exact) mass is 610 g/mol. The van der Waals surface area contributed by atoms with Crippen molar-refractivity contribution in [2.24, 2.45) is 0 Å². The molecule has 2 aromatic heterocycles. The molecule has 1 aliphatic carbocycles. The lowest BCUT2D eigenvalue weighted by molar-refractivity contribution is 0.196. The fraction of sp³-hybridized carbons (Fsp3) is 0.286. The summed E-state index contributed by atoms with van der Waals surface area (Å²) in [6.07, 6.45) is 7.05. The van der Waals surface area contributed by atoms with Gasteiger partial charge in [0.05, 0.1) is 7.11 Å². The van der Waals surface area contributed by atoms with Crippen molar-refractivity contribution in [1.29, 1.82) is 0 Å². The maximum atomic E-state index is 13.1. The first-order chi connectivity index (χ1) is 20.4. The molecule has 0 spiro atoms. The number of ether oxygens (including phenoxy) is 4. The number of thioether (sulfide) groups is 1. The van der Waals surface area contributed by atoms with Crippen LogP contribution < -0.4 is 28.4 Å². The number of nitrogens with one attached hydrogen (secondary N) is 2. The highest BCUT2D eigenvalue weighted by Gasteiger charge is 2.31. The standard InChI is InChI=1S/C28H30N6O6S2/c1-37-22-10-6-7-11-23(22)40-24-26(34-42(35,36)31-16-19-8-4-3-5-9-19)32-25(20-12-13-20)33-27(24)38-14-15-39-28-29-17-21(41-2)18-30-28/h3-11,17-18,20,31H,12-16H2,1-2H3,(H,32,33,34). The van der Waals surface area contributed by atoms with Crippen LogP contribution in [-0.2, 0) is 16.8 Å². The van der Waals surface area contributed by atoms with Crippen LogP contribution in [0.25, 0.3) is 0 Å². The summed E-state index contributed by atoms with van der Waals surface area (Å²) in [5.74, 6) is 1.27. The maximum Gasteiger partial charge on any atom is 0.316 e. The molecule has 2 N–H and O–H groups in total. The number of anilines is 1. The number of para-hydroxylation sites is 2.